The first kappa shape index (κ1) is 8.25. The number of carbonyl (C=O) groups excluding carboxylic acids is 1. The zero-order chi connectivity index (χ0) is 9.26. The Balaban J connectivity index is 1.92. The van der Waals surface area contributed by atoms with Crippen LogP contribution in [0.4, 0.5) is 0 Å². The number of amides is 1. The second-order valence-corrected chi connectivity index (χ2v) is 3.01. The second-order valence-electron chi connectivity index (χ2n) is 3.01. The van der Waals surface area contributed by atoms with Crippen LogP contribution in [0.25, 0.3) is 0 Å². The van der Waals surface area contributed by atoms with Crippen LogP contribution in [0.5, 0.6) is 0 Å². The van der Waals surface area contributed by atoms with Gasteiger partial charge in [0, 0.05) is 19.8 Å². The Morgan fingerprint density at radius 1 is 1.92 bits per heavy atom. The maximum Gasteiger partial charge on any atom is 0.269 e. The lowest BCUT2D eigenvalue weighted by Crippen LogP contribution is -2.29. The monoisotopic (exact) mass is 181 g/mol. The summed E-state index contributed by atoms with van der Waals surface area (Å²) in [7, 11) is 1.74. The second kappa shape index (κ2) is 3.18. The molecule has 13 heavy (non-hydrogen) atoms. The summed E-state index contributed by atoms with van der Waals surface area (Å²) < 4.78 is 6.51. The molecule has 0 radical (unpaired) electrons. The normalized spacial score (nSPS) is 19.9. The average Bonchev–Trinajstić information content (AvgIpc) is 2.84. The summed E-state index contributed by atoms with van der Waals surface area (Å²) in [6.07, 6.45) is 1.82. The van der Waals surface area contributed by atoms with Gasteiger partial charge >= 0.3 is 0 Å². The number of carbonyl (C=O) groups is 1. The van der Waals surface area contributed by atoms with E-state index in [9.17, 15) is 4.79 Å². The zero-order valence-corrected chi connectivity index (χ0v) is 7.36. The van der Waals surface area contributed by atoms with Crippen molar-refractivity contribution in [3.63, 3.8) is 0 Å². The predicted molar refractivity (Wildman–Crippen MR) is 45.3 cm³/mol. The Bertz CT molecular complexity index is 317. The first-order chi connectivity index (χ1) is 6.27. The lowest BCUT2D eigenvalue weighted by molar-refractivity contribution is 0.0941. The van der Waals surface area contributed by atoms with Crippen LogP contribution in [0, 0.1) is 0 Å². The number of epoxide rings is 1. The van der Waals surface area contributed by atoms with E-state index in [0.29, 0.717) is 12.2 Å². The topological polar surface area (TPSA) is 59.5 Å². The van der Waals surface area contributed by atoms with E-state index in [1.165, 1.54) is 0 Å². The van der Waals surface area contributed by atoms with E-state index in [1.54, 1.807) is 24.0 Å². The highest BCUT2D eigenvalue weighted by Crippen LogP contribution is 2.06. The van der Waals surface area contributed by atoms with Gasteiger partial charge in [-0.05, 0) is 6.07 Å². The maximum absolute atomic E-state index is 11.4. The number of aryl methyl sites for hydroxylation is 1. The van der Waals surface area contributed by atoms with Crippen molar-refractivity contribution in [1.82, 2.24) is 15.1 Å². The first-order valence-corrected chi connectivity index (χ1v) is 4.15. The number of ether oxygens (including phenoxy) is 1. The molecule has 70 valence electrons. The molecule has 5 heteroatoms. The van der Waals surface area contributed by atoms with Gasteiger partial charge in [0.05, 0.1) is 12.7 Å². The van der Waals surface area contributed by atoms with Gasteiger partial charge in [-0.3, -0.25) is 9.48 Å². The summed E-state index contributed by atoms with van der Waals surface area (Å²) in [6.45, 7) is 1.34. The van der Waals surface area contributed by atoms with Crippen LogP contribution in [0.1, 0.15) is 10.5 Å². The fourth-order valence-corrected chi connectivity index (χ4v) is 1.08. The molecule has 0 aliphatic carbocycles. The summed E-state index contributed by atoms with van der Waals surface area (Å²) in [6, 6.07) is 1.68. The number of aromatic nitrogens is 2. The number of rotatable bonds is 3. The zero-order valence-electron chi connectivity index (χ0n) is 7.36. The van der Waals surface area contributed by atoms with Gasteiger partial charge in [-0.1, -0.05) is 0 Å². The van der Waals surface area contributed by atoms with E-state index in [-0.39, 0.29) is 12.0 Å². The van der Waals surface area contributed by atoms with E-state index >= 15 is 0 Å². The van der Waals surface area contributed by atoms with Crippen LogP contribution in [0.2, 0.25) is 0 Å². The smallest absolute Gasteiger partial charge is 0.269 e. The van der Waals surface area contributed by atoms with Crippen molar-refractivity contribution in [2.24, 2.45) is 7.05 Å². The highest BCUT2D eigenvalue weighted by molar-refractivity contribution is 5.92. The van der Waals surface area contributed by atoms with Crippen LogP contribution in [0.3, 0.4) is 0 Å². The molecule has 1 amide bonds. The molecule has 1 N–H and O–H groups in total. The third-order valence-corrected chi connectivity index (χ3v) is 1.95. The highest BCUT2D eigenvalue weighted by Gasteiger charge is 2.23. The van der Waals surface area contributed by atoms with Crippen LogP contribution in [-0.2, 0) is 11.8 Å². The van der Waals surface area contributed by atoms with Crippen molar-refractivity contribution >= 4 is 5.91 Å². The third-order valence-electron chi connectivity index (χ3n) is 1.95. The summed E-state index contributed by atoms with van der Waals surface area (Å²) in [5.74, 6) is -0.101. The molecule has 1 saturated heterocycles. The van der Waals surface area contributed by atoms with Gasteiger partial charge < -0.3 is 10.1 Å². The highest BCUT2D eigenvalue weighted by atomic mass is 16.6. The Morgan fingerprint density at radius 2 is 2.69 bits per heavy atom. The van der Waals surface area contributed by atoms with Crippen molar-refractivity contribution in [2.75, 3.05) is 13.2 Å². The standard InChI is InChI=1S/C8H11N3O2/c1-11-7(2-3-10-11)8(12)9-4-6-5-13-6/h2-3,6H,4-5H2,1H3,(H,9,12). The summed E-state index contributed by atoms with van der Waals surface area (Å²) in [4.78, 5) is 11.4. The third kappa shape index (κ3) is 1.86. The molecular formula is C8H11N3O2. The van der Waals surface area contributed by atoms with E-state index < -0.39 is 0 Å². The predicted octanol–water partition coefficient (Wildman–Crippen LogP) is -0.451. The number of nitrogens with one attached hydrogen (secondary N) is 1. The molecule has 1 aromatic heterocycles. The largest absolute Gasteiger partial charge is 0.371 e. The quantitative estimate of drug-likeness (QED) is 0.642. The Morgan fingerprint density at radius 3 is 3.23 bits per heavy atom. The number of hydrogen-bond acceptors (Lipinski definition) is 3. The lowest BCUT2D eigenvalue weighted by atomic mass is 10.4. The van der Waals surface area contributed by atoms with Gasteiger partial charge in [-0.25, -0.2) is 0 Å². The van der Waals surface area contributed by atoms with E-state index in [2.05, 4.69) is 10.4 Å². The summed E-state index contributed by atoms with van der Waals surface area (Å²) in [5.41, 5.74) is 0.570. The Hall–Kier alpha value is -1.36. The summed E-state index contributed by atoms with van der Waals surface area (Å²) >= 11 is 0. The molecule has 1 aromatic rings. The van der Waals surface area contributed by atoms with Crippen molar-refractivity contribution in [1.29, 1.82) is 0 Å². The molecule has 1 fully saturated rings. The van der Waals surface area contributed by atoms with Gasteiger partial charge in [0.25, 0.3) is 5.91 Å². The van der Waals surface area contributed by atoms with Crippen LogP contribution in [-0.4, -0.2) is 34.9 Å². The molecule has 2 rings (SSSR count). The van der Waals surface area contributed by atoms with E-state index in [1.807, 2.05) is 0 Å². The van der Waals surface area contributed by atoms with Gasteiger partial charge in [0.2, 0.25) is 0 Å². The molecule has 0 aromatic carbocycles. The van der Waals surface area contributed by atoms with Crippen molar-refractivity contribution in [2.45, 2.75) is 6.10 Å². The fraction of sp³-hybridized carbons (Fsp3) is 0.500. The van der Waals surface area contributed by atoms with Crippen LogP contribution < -0.4 is 5.32 Å². The van der Waals surface area contributed by atoms with E-state index in [4.69, 9.17) is 4.74 Å². The van der Waals surface area contributed by atoms with Crippen molar-refractivity contribution < 1.29 is 9.53 Å². The van der Waals surface area contributed by atoms with Crippen LogP contribution >= 0.6 is 0 Å². The molecule has 1 aliphatic heterocycles. The molecular weight excluding hydrogens is 170 g/mol. The Kier molecular flexibility index (Phi) is 2.02. The first-order valence-electron chi connectivity index (χ1n) is 4.15. The molecule has 5 nitrogen and oxygen atoms in total. The van der Waals surface area contributed by atoms with Crippen molar-refractivity contribution in [3.05, 3.63) is 18.0 Å². The molecule has 0 saturated carbocycles. The maximum atomic E-state index is 11.4. The van der Waals surface area contributed by atoms with Crippen LogP contribution in [0.15, 0.2) is 12.3 Å². The summed E-state index contributed by atoms with van der Waals surface area (Å²) in [5, 5.41) is 6.67. The molecule has 1 aliphatic rings. The van der Waals surface area contributed by atoms with Gasteiger partial charge in [-0.15, -0.1) is 0 Å². The van der Waals surface area contributed by atoms with Gasteiger partial charge in [0.15, 0.2) is 0 Å². The van der Waals surface area contributed by atoms with Crippen molar-refractivity contribution in [3.8, 4) is 0 Å². The Labute approximate surface area is 75.7 Å². The fourth-order valence-electron chi connectivity index (χ4n) is 1.08. The van der Waals surface area contributed by atoms with E-state index in [0.717, 1.165) is 6.61 Å². The minimum atomic E-state index is -0.101. The molecule has 0 bridgehead atoms. The molecule has 1 atom stereocenters. The molecule has 1 unspecified atom stereocenters. The number of hydrogen-bond donors (Lipinski definition) is 1. The number of nitrogens with zero attached hydrogens (tertiary/aromatic N) is 2. The lowest BCUT2D eigenvalue weighted by Gasteiger charge is -2.02. The average molecular weight is 181 g/mol. The van der Waals surface area contributed by atoms with Gasteiger partial charge in [0.1, 0.15) is 5.69 Å². The molecule has 2 heterocycles. The minimum Gasteiger partial charge on any atom is -0.371 e. The molecule has 0 spiro atoms. The minimum absolute atomic E-state index is 0.101. The van der Waals surface area contributed by atoms with Gasteiger partial charge in [-0.2, -0.15) is 5.10 Å². The SMILES string of the molecule is Cn1nccc1C(=O)NCC1CO1.